The van der Waals surface area contributed by atoms with Gasteiger partial charge in [-0.2, -0.15) is 5.10 Å². The number of pyridine rings is 1. The van der Waals surface area contributed by atoms with Gasteiger partial charge >= 0.3 is 0 Å². The highest BCUT2D eigenvalue weighted by atomic mass is 79.9. The summed E-state index contributed by atoms with van der Waals surface area (Å²) in [4.78, 5) is 29.5. The third-order valence-corrected chi connectivity index (χ3v) is 4.82. The first-order valence-electron chi connectivity index (χ1n) is 9.01. The van der Waals surface area contributed by atoms with Crippen molar-refractivity contribution < 1.29 is 9.59 Å². The molecule has 3 heterocycles. The minimum atomic E-state index is -0.324. The Labute approximate surface area is 180 Å². The number of hydrogen-bond donors (Lipinski definition) is 2. The van der Waals surface area contributed by atoms with Gasteiger partial charge in [0.2, 0.25) is 0 Å². The molecule has 0 atom stereocenters. The van der Waals surface area contributed by atoms with Gasteiger partial charge in [-0.1, -0.05) is 6.07 Å². The van der Waals surface area contributed by atoms with Gasteiger partial charge in [-0.15, -0.1) is 0 Å². The van der Waals surface area contributed by atoms with Crippen LogP contribution in [0.1, 0.15) is 20.7 Å². The molecular weight excluding hydrogens is 448 g/mol. The number of amides is 2. The molecule has 9 heteroatoms. The van der Waals surface area contributed by atoms with E-state index in [1.54, 1.807) is 54.3 Å². The topological polar surface area (TPSA) is 93.8 Å². The standard InChI is InChI=1S/C21H17BrN6O2/c1-27-21(28-9-2-3-10-28)17(13-24-27)20(30)25-16-6-4-5-14(11-16)19(29)26-18-8-7-15(22)12-23-18/h2-13H,1H3,(H,25,30)(H,23,26,29). The number of anilines is 2. The van der Waals surface area contributed by atoms with E-state index in [0.29, 0.717) is 28.5 Å². The van der Waals surface area contributed by atoms with Gasteiger partial charge < -0.3 is 15.2 Å². The van der Waals surface area contributed by atoms with Crippen molar-refractivity contribution in [2.24, 2.45) is 7.05 Å². The van der Waals surface area contributed by atoms with E-state index in [4.69, 9.17) is 0 Å². The number of benzene rings is 1. The highest BCUT2D eigenvalue weighted by Crippen LogP contribution is 2.18. The average Bonchev–Trinajstić information content (AvgIpc) is 3.39. The van der Waals surface area contributed by atoms with E-state index in [1.807, 2.05) is 29.1 Å². The second-order valence-electron chi connectivity index (χ2n) is 6.45. The van der Waals surface area contributed by atoms with Crippen molar-refractivity contribution in [2.75, 3.05) is 10.6 Å². The van der Waals surface area contributed by atoms with Crippen molar-refractivity contribution in [1.82, 2.24) is 19.3 Å². The molecule has 4 rings (SSSR count). The second kappa shape index (κ2) is 8.34. The molecule has 1 aromatic carbocycles. The number of carbonyl (C=O) groups is 2. The van der Waals surface area contributed by atoms with Gasteiger partial charge in [-0.05, 0) is 58.4 Å². The van der Waals surface area contributed by atoms with Crippen LogP contribution in [0.3, 0.4) is 0 Å². The zero-order chi connectivity index (χ0) is 21.1. The summed E-state index contributed by atoms with van der Waals surface area (Å²) in [6.07, 6.45) is 6.80. The lowest BCUT2D eigenvalue weighted by molar-refractivity contribution is 0.101. The van der Waals surface area contributed by atoms with Crippen LogP contribution < -0.4 is 10.6 Å². The third kappa shape index (κ3) is 4.15. The normalized spacial score (nSPS) is 10.6. The molecule has 0 aliphatic carbocycles. The SMILES string of the molecule is Cn1ncc(C(=O)Nc2cccc(C(=O)Nc3ccc(Br)cn3)c2)c1-n1cccc1. The fraction of sp³-hybridized carbons (Fsp3) is 0.0476. The Kier molecular flexibility index (Phi) is 5.44. The highest BCUT2D eigenvalue weighted by molar-refractivity contribution is 9.10. The lowest BCUT2D eigenvalue weighted by Crippen LogP contribution is -2.16. The number of aromatic nitrogens is 4. The molecule has 0 unspecified atom stereocenters. The molecule has 2 amide bonds. The van der Waals surface area contributed by atoms with Crippen LogP contribution in [-0.2, 0) is 7.05 Å². The van der Waals surface area contributed by atoms with E-state index < -0.39 is 0 Å². The molecule has 4 aromatic rings. The Morgan fingerprint density at radius 1 is 0.967 bits per heavy atom. The van der Waals surface area contributed by atoms with E-state index >= 15 is 0 Å². The Balaban J connectivity index is 1.52. The van der Waals surface area contributed by atoms with Crippen LogP contribution in [0.15, 0.2) is 77.8 Å². The van der Waals surface area contributed by atoms with Crippen molar-refractivity contribution >= 4 is 39.2 Å². The Hall–Kier alpha value is -3.72. The molecule has 0 saturated carbocycles. The summed E-state index contributed by atoms with van der Waals surface area (Å²) >= 11 is 3.30. The summed E-state index contributed by atoms with van der Waals surface area (Å²) in [5.74, 6) is 0.436. The van der Waals surface area contributed by atoms with Crippen molar-refractivity contribution in [2.45, 2.75) is 0 Å². The molecule has 2 N–H and O–H groups in total. The van der Waals surface area contributed by atoms with Crippen LogP contribution in [0.5, 0.6) is 0 Å². The molecule has 0 bridgehead atoms. The molecular formula is C21H17BrN6O2. The zero-order valence-electron chi connectivity index (χ0n) is 15.9. The van der Waals surface area contributed by atoms with Crippen molar-refractivity contribution in [3.05, 3.63) is 88.9 Å². The largest absolute Gasteiger partial charge is 0.322 e. The summed E-state index contributed by atoms with van der Waals surface area (Å²) in [6.45, 7) is 0. The monoisotopic (exact) mass is 464 g/mol. The second-order valence-corrected chi connectivity index (χ2v) is 7.36. The summed E-state index contributed by atoms with van der Waals surface area (Å²) in [7, 11) is 1.77. The molecule has 0 spiro atoms. The van der Waals surface area contributed by atoms with Crippen molar-refractivity contribution in [3.63, 3.8) is 0 Å². The number of nitrogens with one attached hydrogen (secondary N) is 2. The molecule has 0 aliphatic heterocycles. The van der Waals surface area contributed by atoms with Gasteiger partial charge in [0.15, 0.2) is 0 Å². The number of halogens is 1. The summed E-state index contributed by atoms with van der Waals surface area (Å²) < 4.78 is 4.26. The fourth-order valence-electron chi connectivity index (χ4n) is 2.95. The first-order valence-corrected chi connectivity index (χ1v) is 9.80. The van der Waals surface area contributed by atoms with Gasteiger partial charge in [0, 0.05) is 41.4 Å². The Bertz CT molecular complexity index is 1200. The number of hydrogen-bond acceptors (Lipinski definition) is 4. The van der Waals surface area contributed by atoms with Crippen molar-refractivity contribution in [1.29, 1.82) is 0 Å². The molecule has 150 valence electrons. The summed E-state index contributed by atoms with van der Waals surface area (Å²) in [6, 6.07) is 13.9. The van der Waals surface area contributed by atoms with Crippen LogP contribution in [0.4, 0.5) is 11.5 Å². The van der Waals surface area contributed by atoms with Crippen LogP contribution in [-0.4, -0.2) is 31.1 Å². The van der Waals surface area contributed by atoms with E-state index in [-0.39, 0.29) is 11.8 Å². The maximum atomic E-state index is 12.9. The lowest BCUT2D eigenvalue weighted by atomic mass is 10.1. The average molecular weight is 465 g/mol. The van der Waals surface area contributed by atoms with Crippen LogP contribution >= 0.6 is 15.9 Å². The van der Waals surface area contributed by atoms with Crippen LogP contribution in [0.25, 0.3) is 5.82 Å². The van der Waals surface area contributed by atoms with E-state index in [1.165, 1.54) is 6.20 Å². The quantitative estimate of drug-likeness (QED) is 0.468. The maximum Gasteiger partial charge on any atom is 0.261 e. The van der Waals surface area contributed by atoms with Crippen molar-refractivity contribution in [3.8, 4) is 5.82 Å². The van der Waals surface area contributed by atoms with Crippen LogP contribution in [0, 0.1) is 0 Å². The molecule has 0 aliphatic rings. The first kappa shape index (κ1) is 19.6. The van der Waals surface area contributed by atoms with Crippen LogP contribution in [0.2, 0.25) is 0 Å². The predicted molar refractivity (Wildman–Crippen MR) is 117 cm³/mol. The molecule has 30 heavy (non-hydrogen) atoms. The van der Waals surface area contributed by atoms with E-state index in [2.05, 4.69) is 36.6 Å². The molecule has 8 nitrogen and oxygen atoms in total. The molecule has 3 aromatic heterocycles. The molecule has 0 radical (unpaired) electrons. The highest BCUT2D eigenvalue weighted by Gasteiger charge is 2.18. The maximum absolute atomic E-state index is 12.9. The van der Waals surface area contributed by atoms with Gasteiger partial charge in [0.05, 0.1) is 6.20 Å². The summed E-state index contributed by atoms with van der Waals surface area (Å²) in [5, 5.41) is 9.76. The number of rotatable bonds is 5. The Morgan fingerprint density at radius 3 is 2.50 bits per heavy atom. The third-order valence-electron chi connectivity index (χ3n) is 4.35. The molecule has 0 fully saturated rings. The number of nitrogens with zero attached hydrogens (tertiary/aromatic N) is 4. The summed E-state index contributed by atoms with van der Waals surface area (Å²) in [5.41, 5.74) is 1.32. The van der Waals surface area contributed by atoms with Gasteiger partial charge in [0.25, 0.3) is 11.8 Å². The molecule has 0 saturated heterocycles. The van der Waals surface area contributed by atoms with Gasteiger partial charge in [-0.25, -0.2) is 4.98 Å². The smallest absolute Gasteiger partial charge is 0.261 e. The Morgan fingerprint density at radius 2 is 1.77 bits per heavy atom. The zero-order valence-corrected chi connectivity index (χ0v) is 17.5. The minimum Gasteiger partial charge on any atom is -0.322 e. The first-order chi connectivity index (χ1) is 14.5. The number of aryl methyl sites for hydroxylation is 1. The lowest BCUT2D eigenvalue weighted by Gasteiger charge is -2.10. The minimum absolute atomic E-state index is 0.320. The van der Waals surface area contributed by atoms with E-state index in [9.17, 15) is 9.59 Å². The fourth-order valence-corrected chi connectivity index (χ4v) is 3.18. The van der Waals surface area contributed by atoms with E-state index in [0.717, 1.165) is 4.47 Å². The number of carbonyl (C=O) groups excluding carboxylic acids is 2. The van der Waals surface area contributed by atoms with Gasteiger partial charge in [0.1, 0.15) is 17.2 Å². The van der Waals surface area contributed by atoms with Gasteiger partial charge in [-0.3, -0.25) is 14.3 Å². The predicted octanol–water partition coefficient (Wildman–Crippen LogP) is 3.87.